The van der Waals surface area contributed by atoms with Crippen molar-refractivity contribution in [3.63, 3.8) is 0 Å². The van der Waals surface area contributed by atoms with Crippen LogP contribution >= 0.6 is 0 Å². The van der Waals surface area contributed by atoms with Gasteiger partial charge < -0.3 is 14.9 Å². The first-order valence-electron chi connectivity index (χ1n) is 9.03. The molecule has 1 saturated carbocycles. The average Bonchev–Trinajstić information content (AvgIpc) is 2.77. The van der Waals surface area contributed by atoms with Crippen LogP contribution in [0.2, 0.25) is 0 Å². The molecule has 2 N–H and O–H groups in total. The third kappa shape index (κ3) is 7.00. The molecule has 134 valence electrons. The molecule has 0 saturated heterocycles. The van der Waals surface area contributed by atoms with Crippen LogP contribution in [0, 0.1) is 11.8 Å². The molecule has 0 heterocycles. The summed E-state index contributed by atoms with van der Waals surface area (Å²) in [6, 6.07) is 0. The number of hydrogen-bond donors (Lipinski definition) is 2. The van der Waals surface area contributed by atoms with E-state index in [2.05, 4.69) is 6.92 Å². The standard InChI is InChI=1S/C18H32O5/c1-3-5-6-7-13(19)8-9-14-15(17(21)12-16(14)20)10-11-18(22)23-4-2/h14-17,20-21H,3-12H2,1-2H3/t14-,15+,16-,17+/m1/s1. The zero-order valence-electron chi connectivity index (χ0n) is 14.5. The molecule has 5 nitrogen and oxygen atoms in total. The number of carbonyl (C=O) groups excluding carboxylic acids is 2. The van der Waals surface area contributed by atoms with Gasteiger partial charge in [0.25, 0.3) is 0 Å². The van der Waals surface area contributed by atoms with Gasteiger partial charge in [0.1, 0.15) is 5.78 Å². The second-order valence-corrected chi connectivity index (χ2v) is 6.58. The van der Waals surface area contributed by atoms with Crippen molar-refractivity contribution < 1.29 is 24.5 Å². The topological polar surface area (TPSA) is 83.8 Å². The van der Waals surface area contributed by atoms with Crippen LogP contribution in [0.3, 0.4) is 0 Å². The molecule has 1 aliphatic rings. The van der Waals surface area contributed by atoms with E-state index in [-0.39, 0.29) is 30.0 Å². The highest BCUT2D eigenvalue weighted by Gasteiger charge is 2.41. The van der Waals surface area contributed by atoms with Crippen molar-refractivity contribution in [3.8, 4) is 0 Å². The van der Waals surface area contributed by atoms with Gasteiger partial charge in [0.15, 0.2) is 0 Å². The molecule has 1 rings (SSSR count). The van der Waals surface area contributed by atoms with Crippen molar-refractivity contribution in [1.29, 1.82) is 0 Å². The number of carbonyl (C=O) groups is 2. The fourth-order valence-corrected chi connectivity index (χ4v) is 3.52. The van der Waals surface area contributed by atoms with E-state index in [1.807, 2.05) is 0 Å². The number of aliphatic hydroxyl groups is 2. The van der Waals surface area contributed by atoms with E-state index < -0.39 is 12.2 Å². The van der Waals surface area contributed by atoms with Crippen molar-refractivity contribution in [1.82, 2.24) is 0 Å². The van der Waals surface area contributed by atoms with Crippen molar-refractivity contribution in [3.05, 3.63) is 0 Å². The molecule has 5 heteroatoms. The zero-order chi connectivity index (χ0) is 17.2. The third-order valence-corrected chi connectivity index (χ3v) is 4.82. The zero-order valence-corrected chi connectivity index (χ0v) is 14.5. The molecule has 0 unspecified atom stereocenters. The number of Topliss-reactive ketones (excluding diaryl/α,β-unsaturated/α-hetero) is 1. The van der Waals surface area contributed by atoms with Crippen LogP contribution in [-0.2, 0) is 14.3 Å². The predicted molar refractivity (Wildman–Crippen MR) is 87.9 cm³/mol. The Balaban J connectivity index is 2.43. The van der Waals surface area contributed by atoms with Crippen LogP contribution in [0.1, 0.15) is 71.6 Å². The number of aliphatic hydroxyl groups excluding tert-OH is 2. The van der Waals surface area contributed by atoms with E-state index >= 15 is 0 Å². The Morgan fingerprint density at radius 1 is 0.957 bits per heavy atom. The van der Waals surface area contributed by atoms with Crippen molar-refractivity contribution in [2.45, 2.75) is 83.8 Å². The molecule has 0 bridgehead atoms. The van der Waals surface area contributed by atoms with Gasteiger partial charge in [-0.05, 0) is 44.4 Å². The molecule has 4 atom stereocenters. The van der Waals surface area contributed by atoms with E-state index in [4.69, 9.17) is 4.74 Å². The minimum absolute atomic E-state index is 0.102. The Hall–Kier alpha value is -0.940. The number of unbranched alkanes of at least 4 members (excludes halogenated alkanes) is 2. The van der Waals surface area contributed by atoms with Gasteiger partial charge in [0.2, 0.25) is 0 Å². The molecule has 23 heavy (non-hydrogen) atoms. The van der Waals surface area contributed by atoms with Crippen LogP contribution in [-0.4, -0.2) is 40.8 Å². The normalized spacial score (nSPS) is 27.1. The lowest BCUT2D eigenvalue weighted by molar-refractivity contribution is -0.143. The van der Waals surface area contributed by atoms with Gasteiger partial charge in [0, 0.05) is 19.3 Å². The van der Waals surface area contributed by atoms with Crippen LogP contribution in [0.5, 0.6) is 0 Å². The molecule has 0 radical (unpaired) electrons. The predicted octanol–water partition coefficient (Wildman–Crippen LogP) is 2.62. The van der Waals surface area contributed by atoms with Gasteiger partial charge in [0.05, 0.1) is 18.8 Å². The highest BCUT2D eigenvalue weighted by atomic mass is 16.5. The Morgan fingerprint density at radius 2 is 1.57 bits per heavy atom. The van der Waals surface area contributed by atoms with Crippen LogP contribution in [0.15, 0.2) is 0 Å². The van der Waals surface area contributed by atoms with E-state index in [0.717, 1.165) is 19.3 Å². The minimum Gasteiger partial charge on any atom is -0.466 e. The summed E-state index contributed by atoms with van der Waals surface area (Å²) in [5, 5.41) is 20.3. The smallest absolute Gasteiger partial charge is 0.305 e. The summed E-state index contributed by atoms with van der Waals surface area (Å²) in [5.74, 6) is -0.265. The Bertz CT molecular complexity index is 368. The number of ether oxygens (including phenoxy) is 1. The Labute approximate surface area is 139 Å². The first-order valence-corrected chi connectivity index (χ1v) is 9.03. The summed E-state index contributed by atoms with van der Waals surface area (Å²) >= 11 is 0. The largest absolute Gasteiger partial charge is 0.466 e. The number of esters is 1. The Morgan fingerprint density at radius 3 is 2.13 bits per heavy atom. The van der Waals surface area contributed by atoms with Crippen molar-refractivity contribution in [2.75, 3.05) is 6.61 Å². The summed E-state index contributed by atoms with van der Waals surface area (Å²) in [4.78, 5) is 23.4. The average molecular weight is 328 g/mol. The molecule has 0 amide bonds. The summed E-state index contributed by atoms with van der Waals surface area (Å²) < 4.78 is 4.91. The van der Waals surface area contributed by atoms with Crippen LogP contribution < -0.4 is 0 Å². The summed E-state index contributed by atoms with van der Waals surface area (Å²) in [6.07, 6.45) is 4.65. The molecular formula is C18H32O5. The SMILES string of the molecule is CCCCCC(=O)CC[C@@H]1[C@H](CCC(=O)OCC)[C@@H](O)C[C@H]1O. The highest BCUT2D eigenvalue weighted by Crippen LogP contribution is 2.38. The monoisotopic (exact) mass is 328 g/mol. The fraction of sp³-hybridized carbons (Fsp3) is 0.889. The van der Waals surface area contributed by atoms with Gasteiger partial charge in [-0.1, -0.05) is 19.8 Å². The first kappa shape index (κ1) is 20.1. The number of ketones is 1. The van der Waals surface area contributed by atoms with E-state index in [0.29, 0.717) is 38.7 Å². The first-order chi connectivity index (χ1) is 11.0. The fourth-order valence-electron chi connectivity index (χ4n) is 3.52. The highest BCUT2D eigenvalue weighted by molar-refractivity contribution is 5.78. The molecule has 0 aliphatic heterocycles. The number of hydrogen-bond acceptors (Lipinski definition) is 5. The molecule has 0 aromatic carbocycles. The lowest BCUT2D eigenvalue weighted by Crippen LogP contribution is -2.24. The van der Waals surface area contributed by atoms with E-state index in [1.54, 1.807) is 6.92 Å². The quantitative estimate of drug-likeness (QED) is 0.450. The Kier molecular flexibility index (Phi) is 9.41. The van der Waals surface area contributed by atoms with Gasteiger partial charge in [-0.2, -0.15) is 0 Å². The molecule has 1 aliphatic carbocycles. The van der Waals surface area contributed by atoms with Crippen molar-refractivity contribution in [2.24, 2.45) is 11.8 Å². The second-order valence-electron chi connectivity index (χ2n) is 6.58. The lowest BCUT2D eigenvalue weighted by Gasteiger charge is -2.23. The van der Waals surface area contributed by atoms with Crippen LogP contribution in [0.4, 0.5) is 0 Å². The third-order valence-electron chi connectivity index (χ3n) is 4.82. The van der Waals surface area contributed by atoms with Crippen molar-refractivity contribution >= 4 is 11.8 Å². The van der Waals surface area contributed by atoms with Crippen LogP contribution in [0.25, 0.3) is 0 Å². The van der Waals surface area contributed by atoms with Gasteiger partial charge in [-0.3, -0.25) is 9.59 Å². The minimum atomic E-state index is -0.598. The molecule has 0 aromatic heterocycles. The maximum Gasteiger partial charge on any atom is 0.305 e. The number of rotatable bonds is 11. The maximum absolute atomic E-state index is 11.9. The van der Waals surface area contributed by atoms with Gasteiger partial charge in [-0.15, -0.1) is 0 Å². The van der Waals surface area contributed by atoms with Gasteiger partial charge >= 0.3 is 5.97 Å². The van der Waals surface area contributed by atoms with E-state index in [1.165, 1.54) is 0 Å². The second kappa shape index (κ2) is 10.8. The molecule has 0 spiro atoms. The van der Waals surface area contributed by atoms with E-state index in [9.17, 15) is 19.8 Å². The maximum atomic E-state index is 11.9. The molecule has 1 fully saturated rings. The molecule has 0 aromatic rings. The summed E-state index contributed by atoms with van der Waals surface area (Å²) in [6.45, 7) is 4.22. The van der Waals surface area contributed by atoms with Gasteiger partial charge in [-0.25, -0.2) is 0 Å². The summed E-state index contributed by atoms with van der Waals surface area (Å²) in [5.41, 5.74) is 0. The lowest BCUT2D eigenvalue weighted by atomic mass is 9.85. The summed E-state index contributed by atoms with van der Waals surface area (Å²) in [7, 11) is 0. The molecular weight excluding hydrogens is 296 g/mol.